The number of aromatic nitrogens is 2. The molecule has 0 aliphatic rings. The van der Waals surface area contributed by atoms with Crippen molar-refractivity contribution in [2.75, 3.05) is 0 Å². The predicted molar refractivity (Wildman–Crippen MR) is 229 cm³/mol. The van der Waals surface area contributed by atoms with Crippen molar-refractivity contribution in [1.29, 1.82) is 0 Å². The van der Waals surface area contributed by atoms with Crippen LogP contribution < -0.4 is 0 Å². The van der Waals surface area contributed by atoms with Gasteiger partial charge in [-0.15, -0.1) is 0 Å². The van der Waals surface area contributed by atoms with Crippen LogP contribution in [0.5, 0.6) is 0 Å². The molecule has 0 saturated carbocycles. The molecule has 0 atom stereocenters. The molecule has 0 fully saturated rings. The van der Waals surface area contributed by atoms with Crippen LogP contribution in [0.2, 0.25) is 0 Å². The molecule has 0 bridgehead atoms. The topological polar surface area (TPSA) is 38.9 Å². The van der Waals surface area contributed by atoms with Gasteiger partial charge in [-0.2, -0.15) is 0 Å². The molecule has 55 heavy (non-hydrogen) atoms. The van der Waals surface area contributed by atoms with Gasteiger partial charge in [0.15, 0.2) is 11.4 Å². The van der Waals surface area contributed by atoms with Crippen molar-refractivity contribution in [1.82, 2.24) is 9.97 Å². The van der Waals surface area contributed by atoms with Gasteiger partial charge in [0, 0.05) is 16.5 Å². The van der Waals surface area contributed by atoms with E-state index in [2.05, 4.69) is 194 Å². The number of rotatable bonds is 5. The summed E-state index contributed by atoms with van der Waals surface area (Å²) < 4.78 is 6.98. The molecule has 11 aromatic rings. The summed E-state index contributed by atoms with van der Waals surface area (Å²) in [6.45, 7) is 0. The van der Waals surface area contributed by atoms with Crippen LogP contribution in [0.15, 0.2) is 199 Å². The van der Waals surface area contributed by atoms with Crippen molar-refractivity contribution in [3.8, 4) is 56.0 Å². The molecule has 0 amide bonds. The fourth-order valence-corrected chi connectivity index (χ4v) is 8.22. The van der Waals surface area contributed by atoms with E-state index < -0.39 is 0 Å². The maximum absolute atomic E-state index is 6.98. The van der Waals surface area contributed by atoms with Gasteiger partial charge in [-0.25, -0.2) is 9.97 Å². The Balaban J connectivity index is 1.11. The molecular weight excluding hydrogens is 669 g/mol. The Bertz CT molecular complexity index is 3250. The van der Waals surface area contributed by atoms with E-state index in [9.17, 15) is 0 Å². The number of hydrogen-bond acceptors (Lipinski definition) is 3. The molecule has 0 aliphatic carbocycles. The smallest absolute Gasteiger partial charge is 0.180 e. The maximum atomic E-state index is 6.98. The van der Waals surface area contributed by atoms with Crippen molar-refractivity contribution in [2.45, 2.75) is 0 Å². The van der Waals surface area contributed by atoms with Gasteiger partial charge in [0.1, 0.15) is 16.8 Å². The lowest BCUT2D eigenvalue weighted by molar-refractivity contribution is 0.671. The normalized spacial score (nSPS) is 11.6. The van der Waals surface area contributed by atoms with E-state index in [0.29, 0.717) is 11.4 Å². The molecule has 3 nitrogen and oxygen atoms in total. The molecule has 2 heterocycles. The number of benzene rings is 9. The lowest BCUT2D eigenvalue weighted by Gasteiger charge is -2.11. The zero-order valence-corrected chi connectivity index (χ0v) is 29.8. The molecule has 0 radical (unpaired) electrons. The highest BCUT2D eigenvalue weighted by Crippen LogP contribution is 2.44. The maximum Gasteiger partial charge on any atom is 0.180 e. The van der Waals surface area contributed by atoms with Gasteiger partial charge in [0.25, 0.3) is 0 Å². The highest BCUT2D eigenvalue weighted by atomic mass is 16.3. The van der Waals surface area contributed by atoms with E-state index in [-0.39, 0.29) is 0 Å². The van der Waals surface area contributed by atoms with Gasteiger partial charge in [-0.05, 0) is 72.4 Å². The second kappa shape index (κ2) is 12.6. The average molecular weight is 701 g/mol. The van der Waals surface area contributed by atoms with Crippen LogP contribution in [0.25, 0.3) is 110 Å². The van der Waals surface area contributed by atoms with Crippen molar-refractivity contribution >= 4 is 54.4 Å². The lowest BCUT2D eigenvalue weighted by Crippen LogP contribution is -1.95. The first kappa shape index (κ1) is 31.2. The van der Waals surface area contributed by atoms with E-state index in [1.165, 1.54) is 27.6 Å². The van der Waals surface area contributed by atoms with E-state index in [1.807, 2.05) is 0 Å². The first-order chi connectivity index (χ1) is 27.3. The van der Waals surface area contributed by atoms with Crippen LogP contribution in [-0.2, 0) is 0 Å². The summed E-state index contributed by atoms with van der Waals surface area (Å²) in [6.07, 6.45) is 0. The minimum Gasteiger partial charge on any atom is -0.451 e. The fraction of sp³-hybridized carbons (Fsp3) is 0. The van der Waals surface area contributed by atoms with Crippen LogP contribution in [0.4, 0.5) is 0 Å². The third-order valence-corrected chi connectivity index (χ3v) is 10.9. The van der Waals surface area contributed by atoms with Crippen LogP contribution in [0, 0.1) is 0 Å². The Hall–Kier alpha value is -7.36. The molecule has 0 unspecified atom stereocenters. The summed E-state index contributed by atoms with van der Waals surface area (Å²) >= 11 is 0. The van der Waals surface area contributed by atoms with E-state index >= 15 is 0 Å². The Morgan fingerprint density at radius 2 is 0.818 bits per heavy atom. The first-order valence-corrected chi connectivity index (χ1v) is 18.7. The molecule has 3 heteroatoms. The Morgan fingerprint density at radius 1 is 0.327 bits per heavy atom. The third kappa shape index (κ3) is 5.20. The summed E-state index contributed by atoms with van der Waals surface area (Å²) in [7, 11) is 0. The molecule has 0 N–H and O–H groups in total. The molecule has 11 rings (SSSR count). The first-order valence-electron chi connectivity index (χ1n) is 18.7. The van der Waals surface area contributed by atoms with Gasteiger partial charge < -0.3 is 4.42 Å². The van der Waals surface area contributed by atoms with Crippen LogP contribution in [-0.4, -0.2) is 9.97 Å². The summed E-state index contributed by atoms with van der Waals surface area (Å²) in [5.74, 6) is 0.672. The van der Waals surface area contributed by atoms with E-state index in [1.54, 1.807) is 0 Å². The number of fused-ring (bicyclic) bond motifs is 9. The quantitative estimate of drug-likeness (QED) is 0.168. The second-order valence-electron chi connectivity index (χ2n) is 14.1. The Labute approximate surface area is 317 Å². The van der Waals surface area contributed by atoms with Crippen LogP contribution in [0.3, 0.4) is 0 Å². The van der Waals surface area contributed by atoms with Gasteiger partial charge in [0.05, 0.1) is 5.39 Å². The SMILES string of the molecule is c1ccc(-c2ccc(-c3cccc(-c4cccc(-c5nc(-c6cccc7ccccc67)nc6c5oc5c7ccccc7c7ccccc7c65)c4)c3)cc2)cc1. The summed E-state index contributed by atoms with van der Waals surface area (Å²) in [4.78, 5) is 10.7. The molecule has 256 valence electrons. The molecular formula is C52H32N2O. The van der Waals surface area contributed by atoms with Crippen molar-refractivity contribution < 1.29 is 4.42 Å². The molecule has 0 aliphatic heterocycles. The second-order valence-corrected chi connectivity index (χ2v) is 14.1. The average Bonchev–Trinajstić information content (AvgIpc) is 3.67. The van der Waals surface area contributed by atoms with Crippen molar-refractivity contribution in [3.63, 3.8) is 0 Å². The zero-order chi connectivity index (χ0) is 36.3. The number of furan rings is 1. The zero-order valence-electron chi connectivity index (χ0n) is 29.8. The molecule has 2 aromatic heterocycles. The number of hydrogen-bond donors (Lipinski definition) is 0. The van der Waals surface area contributed by atoms with Crippen LogP contribution in [0.1, 0.15) is 0 Å². The van der Waals surface area contributed by atoms with E-state index in [4.69, 9.17) is 14.4 Å². The molecule has 0 spiro atoms. The highest BCUT2D eigenvalue weighted by molar-refractivity contribution is 6.30. The standard InChI is InChI=1S/C52H32N2O/c1-2-13-33(14-3-1)34-27-29-35(30-28-34)37-17-10-18-38(31-37)39-19-11-20-40(32-39)48-51-49(54-52(53-48)46-26-12-16-36-15-4-5-21-41(36)46)47-44-24-8-6-22-42(44)43-23-7-9-25-45(43)50(47)55-51/h1-32H. The predicted octanol–water partition coefficient (Wildman–Crippen LogP) is 14.2. The van der Waals surface area contributed by atoms with Gasteiger partial charge in [-0.1, -0.05) is 182 Å². The monoisotopic (exact) mass is 700 g/mol. The van der Waals surface area contributed by atoms with Gasteiger partial charge in [0.2, 0.25) is 0 Å². The van der Waals surface area contributed by atoms with Crippen molar-refractivity contribution in [2.24, 2.45) is 0 Å². The van der Waals surface area contributed by atoms with E-state index in [0.717, 1.165) is 71.4 Å². The largest absolute Gasteiger partial charge is 0.451 e. The highest BCUT2D eigenvalue weighted by Gasteiger charge is 2.23. The van der Waals surface area contributed by atoms with Gasteiger partial charge >= 0.3 is 0 Å². The number of nitrogens with zero attached hydrogens (tertiary/aromatic N) is 2. The Kier molecular flexibility index (Phi) is 7.17. The summed E-state index contributed by atoms with van der Waals surface area (Å²) in [5, 5.41) is 7.79. The summed E-state index contributed by atoms with van der Waals surface area (Å²) in [5.41, 5.74) is 12.1. The third-order valence-electron chi connectivity index (χ3n) is 10.9. The minimum atomic E-state index is 0.672. The fourth-order valence-electron chi connectivity index (χ4n) is 8.22. The lowest BCUT2D eigenvalue weighted by atomic mass is 9.96. The minimum absolute atomic E-state index is 0.672. The van der Waals surface area contributed by atoms with Crippen LogP contribution >= 0.6 is 0 Å². The van der Waals surface area contributed by atoms with Crippen molar-refractivity contribution in [3.05, 3.63) is 194 Å². The molecule has 9 aromatic carbocycles. The summed E-state index contributed by atoms with van der Waals surface area (Å²) in [6, 6.07) is 68.6. The van der Waals surface area contributed by atoms with Gasteiger partial charge in [-0.3, -0.25) is 0 Å². The Morgan fingerprint density at radius 3 is 1.56 bits per heavy atom. The molecule has 0 saturated heterocycles.